The standard InChI is InChI=1S/C17H26N2O8/c1-13-14(18-16(22)26-11-9-24-7-5-20)3-2-4-15(13)19-17(23)27-12-10-25-8-6-21/h2-4,20-21H,5-12H2,1H3,(H,18,22)(H,19,23). The van der Waals surface area contributed by atoms with E-state index in [0.29, 0.717) is 16.9 Å². The number of nitrogens with one attached hydrogen (secondary N) is 2. The Morgan fingerprint density at radius 3 is 1.67 bits per heavy atom. The van der Waals surface area contributed by atoms with Gasteiger partial charge in [0.15, 0.2) is 0 Å². The molecule has 0 heterocycles. The monoisotopic (exact) mass is 386 g/mol. The number of hydrogen-bond donors (Lipinski definition) is 4. The van der Waals surface area contributed by atoms with Gasteiger partial charge in [-0.15, -0.1) is 0 Å². The first-order valence-corrected chi connectivity index (χ1v) is 8.43. The van der Waals surface area contributed by atoms with Crippen LogP contribution >= 0.6 is 0 Å². The predicted octanol–water partition coefficient (Wildman–Crippen LogP) is 1.11. The molecule has 2 amide bonds. The molecule has 10 heteroatoms. The van der Waals surface area contributed by atoms with Crippen molar-refractivity contribution in [2.45, 2.75) is 6.92 Å². The Labute approximate surface area is 157 Å². The van der Waals surface area contributed by atoms with Gasteiger partial charge in [-0.2, -0.15) is 0 Å². The Balaban J connectivity index is 2.43. The molecule has 0 fully saturated rings. The maximum atomic E-state index is 11.8. The van der Waals surface area contributed by atoms with E-state index in [1.807, 2.05) is 0 Å². The van der Waals surface area contributed by atoms with Crippen molar-refractivity contribution in [2.75, 3.05) is 63.5 Å². The third-order valence-electron chi connectivity index (χ3n) is 3.20. The minimum absolute atomic E-state index is 0.0491. The van der Waals surface area contributed by atoms with Crippen LogP contribution in [0.1, 0.15) is 5.56 Å². The van der Waals surface area contributed by atoms with E-state index in [0.717, 1.165) is 0 Å². The van der Waals surface area contributed by atoms with Gasteiger partial charge >= 0.3 is 12.2 Å². The lowest BCUT2D eigenvalue weighted by Gasteiger charge is -2.14. The van der Waals surface area contributed by atoms with Gasteiger partial charge in [-0.1, -0.05) is 6.07 Å². The summed E-state index contributed by atoms with van der Waals surface area (Å²) in [6.45, 7) is 2.36. The summed E-state index contributed by atoms with van der Waals surface area (Å²) in [5.74, 6) is 0. The van der Waals surface area contributed by atoms with Gasteiger partial charge in [0.1, 0.15) is 13.2 Å². The normalized spacial score (nSPS) is 10.3. The number of anilines is 2. The third kappa shape index (κ3) is 9.75. The summed E-state index contributed by atoms with van der Waals surface area (Å²) < 4.78 is 19.9. The van der Waals surface area contributed by atoms with Crippen LogP contribution in [-0.4, -0.2) is 75.3 Å². The zero-order chi connectivity index (χ0) is 19.9. The van der Waals surface area contributed by atoms with E-state index in [9.17, 15) is 9.59 Å². The van der Waals surface area contributed by atoms with Gasteiger partial charge in [-0.05, 0) is 24.6 Å². The lowest BCUT2D eigenvalue weighted by atomic mass is 10.1. The SMILES string of the molecule is Cc1c(NC(=O)OCCOCCO)cccc1NC(=O)OCCOCCO. The second-order valence-corrected chi connectivity index (χ2v) is 5.17. The van der Waals surface area contributed by atoms with Gasteiger partial charge in [-0.3, -0.25) is 10.6 Å². The summed E-state index contributed by atoms with van der Waals surface area (Å²) in [5, 5.41) is 22.3. The minimum atomic E-state index is -0.661. The summed E-state index contributed by atoms with van der Waals surface area (Å²) >= 11 is 0. The van der Waals surface area contributed by atoms with Gasteiger partial charge in [0, 0.05) is 11.4 Å². The zero-order valence-electron chi connectivity index (χ0n) is 15.2. The summed E-state index contributed by atoms with van der Waals surface area (Å²) in [4.78, 5) is 23.6. The highest BCUT2D eigenvalue weighted by atomic mass is 16.6. The van der Waals surface area contributed by atoms with Gasteiger partial charge in [0.05, 0.1) is 39.6 Å². The fraction of sp³-hybridized carbons (Fsp3) is 0.529. The number of ether oxygens (including phenoxy) is 4. The van der Waals surface area contributed by atoms with Crippen molar-refractivity contribution < 1.29 is 38.7 Å². The van der Waals surface area contributed by atoms with E-state index in [2.05, 4.69) is 10.6 Å². The molecule has 0 saturated heterocycles. The molecule has 1 aromatic carbocycles. The minimum Gasteiger partial charge on any atom is -0.447 e. The Hall–Kier alpha value is -2.40. The van der Waals surface area contributed by atoms with E-state index >= 15 is 0 Å². The first kappa shape index (κ1) is 22.6. The van der Waals surface area contributed by atoms with Crippen molar-refractivity contribution >= 4 is 23.6 Å². The molecule has 1 rings (SSSR count). The van der Waals surface area contributed by atoms with E-state index in [4.69, 9.17) is 29.2 Å². The smallest absolute Gasteiger partial charge is 0.411 e. The van der Waals surface area contributed by atoms with E-state index < -0.39 is 12.2 Å². The van der Waals surface area contributed by atoms with Crippen molar-refractivity contribution in [1.82, 2.24) is 0 Å². The van der Waals surface area contributed by atoms with Crippen molar-refractivity contribution in [3.05, 3.63) is 23.8 Å². The molecule has 10 nitrogen and oxygen atoms in total. The molecule has 0 atom stereocenters. The van der Waals surface area contributed by atoms with Crippen LogP contribution in [0.25, 0.3) is 0 Å². The Bertz CT molecular complexity index is 536. The summed E-state index contributed by atoms with van der Waals surface area (Å²) in [5.41, 5.74) is 1.57. The molecule has 27 heavy (non-hydrogen) atoms. The van der Waals surface area contributed by atoms with Gasteiger partial charge < -0.3 is 29.2 Å². The average molecular weight is 386 g/mol. The first-order chi connectivity index (χ1) is 13.1. The number of aliphatic hydroxyl groups excluding tert-OH is 2. The lowest BCUT2D eigenvalue weighted by Crippen LogP contribution is -2.19. The van der Waals surface area contributed by atoms with Crippen molar-refractivity contribution in [1.29, 1.82) is 0 Å². The van der Waals surface area contributed by atoms with Crippen LogP contribution in [-0.2, 0) is 18.9 Å². The van der Waals surface area contributed by atoms with Crippen LogP contribution in [0.15, 0.2) is 18.2 Å². The fourth-order valence-electron chi connectivity index (χ4n) is 1.92. The molecule has 0 radical (unpaired) electrons. The lowest BCUT2D eigenvalue weighted by molar-refractivity contribution is 0.0571. The molecule has 0 aromatic heterocycles. The second kappa shape index (κ2) is 13.8. The Morgan fingerprint density at radius 1 is 0.815 bits per heavy atom. The van der Waals surface area contributed by atoms with Crippen LogP contribution in [0.2, 0.25) is 0 Å². The second-order valence-electron chi connectivity index (χ2n) is 5.17. The van der Waals surface area contributed by atoms with E-state index in [1.54, 1.807) is 25.1 Å². The number of benzene rings is 1. The molecule has 0 spiro atoms. The molecule has 0 unspecified atom stereocenters. The number of rotatable bonds is 12. The Morgan fingerprint density at radius 2 is 1.26 bits per heavy atom. The quantitative estimate of drug-likeness (QED) is 0.392. The summed E-state index contributed by atoms with van der Waals surface area (Å²) in [7, 11) is 0. The third-order valence-corrected chi connectivity index (χ3v) is 3.20. The van der Waals surface area contributed by atoms with Crippen molar-refractivity contribution in [2.24, 2.45) is 0 Å². The number of carbonyl (C=O) groups excluding carboxylic acids is 2. The fourth-order valence-corrected chi connectivity index (χ4v) is 1.92. The van der Waals surface area contributed by atoms with Crippen LogP contribution in [0.5, 0.6) is 0 Å². The molecule has 152 valence electrons. The molecule has 4 N–H and O–H groups in total. The van der Waals surface area contributed by atoms with Crippen LogP contribution in [0.3, 0.4) is 0 Å². The first-order valence-electron chi connectivity index (χ1n) is 8.43. The molecule has 1 aromatic rings. The summed E-state index contributed by atoms with van der Waals surface area (Å²) in [6.07, 6.45) is -1.32. The van der Waals surface area contributed by atoms with E-state index in [1.165, 1.54) is 0 Å². The van der Waals surface area contributed by atoms with Crippen LogP contribution in [0.4, 0.5) is 21.0 Å². The maximum Gasteiger partial charge on any atom is 0.411 e. The zero-order valence-corrected chi connectivity index (χ0v) is 15.2. The van der Waals surface area contributed by atoms with Crippen LogP contribution in [0, 0.1) is 6.92 Å². The topological polar surface area (TPSA) is 136 Å². The molecule has 0 saturated carbocycles. The average Bonchev–Trinajstić information content (AvgIpc) is 2.64. The summed E-state index contributed by atoms with van der Waals surface area (Å²) in [6, 6.07) is 4.99. The van der Waals surface area contributed by atoms with Crippen molar-refractivity contribution in [3.63, 3.8) is 0 Å². The molecule has 0 aliphatic heterocycles. The highest BCUT2D eigenvalue weighted by molar-refractivity contribution is 5.91. The number of aliphatic hydroxyl groups is 2. The molecular formula is C17H26N2O8. The molecule has 0 aliphatic rings. The van der Waals surface area contributed by atoms with Gasteiger partial charge in [0.25, 0.3) is 0 Å². The highest BCUT2D eigenvalue weighted by Gasteiger charge is 2.11. The number of carbonyl (C=O) groups is 2. The van der Waals surface area contributed by atoms with Gasteiger partial charge in [0.2, 0.25) is 0 Å². The molecule has 0 aliphatic carbocycles. The number of hydrogen-bond acceptors (Lipinski definition) is 8. The Kier molecular flexibility index (Phi) is 11.5. The van der Waals surface area contributed by atoms with Gasteiger partial charge in [-0.25, -0.2) is 9.59 Å². The largest absolute Gasteiger partial charge is 0.447 e. The maximum absolute atomic E-state index is 11.8. The predicted molar refractivity (Wildman–Crippen MR) is 96.9 cm³/mol. The molecular weight excluding hydrogens is 360 g/mol. The highest BCUT2D eigenvalue weighted by Crippen LogP contribution is 2.23. The van der Waals surface area contributed by atoms with E-state index in [-0.39, 0.29) is 52.9 Å². The number of amides is 2. The molecule has 0 bridgehead atoms. The van der Waals surface area contributed by atoms with Crippen molar-refractivity contribution in [3.8, 4) is 0 Å². The van der Waals surface area contributed by atoms with Crippen LogP contribution < -0.4 is 10.6 Å².